The number of aromatic nitrogens is 2. The standard InChI is InChI=1S/C13H13N3O3S2/c1-2-19-10(17)3-4-14-11(18)9-7-8-12(21-9)15-13-16(8)5-6-20-13/h5-7H,2-4H2,1H3,(H,14,18). The number of rotatable bonds is 5. The van der Waals surface area contributed by atoms with E-state index in [1.54, 1.807) is 18.3 Å². The normalized spacial score (nSPS) is 11.1. The highest BCUT2D eigenvalue weighted by Gasteiger charge is 2.15. The van der Waals surface area contributed by atoms with Crippen LogP contribution in [0.1, 0.15) is 23.0 Å². The Kier molecular flexibility index (Phi) is 3.89. The third-order valence-electron chi connectivity index (χ3n) is 2.88. The van der Waals surface area contributed by atoms with E-state index in [1.807, 2.05) is 22.0 Å². The van der Waals surface area contributed by atoms with Crippen LogP contribution in [0.15, 0.2) is 17.6 Å². The summed E-state index contributed by atoms with van der Waals surface area (Å²) in [5.41, 5.74) is 0.937. The molecule has 0 aromatic carbocycles. The Hall–Kier alpha value is -1.93. The van der Waals surface area contributed by atoms with Crippen LogP contribution in [0.4, 0.5) is 0 Å². The molecule has 0 saturated heterocycles. The SMILES string of the molecule is CCOC(=O)CCNC(=O)c1cc2c(nc3sccn32)s1. The van der Waals surface area contributed by atoms with Gasteiger partial charge in [-0.05, 0) is 13.0 Å². The second kappa shape index (κ2) is 5.82. The molecule has 3 aromatic heterocycles. The Morgan fingerprint density at radius 2 is 2.33 bits per heavy atom. The monoisotopic (exact) mass is 323 g/mol. The van der Waals surface area contributed by atoms with Gasteiger partial charge in [0.1, 0.15) is 4.83 Å². The van der Waals surface area contributed by atoms with Crippen molar-refractivity contribution in [3.8, 4) is 0 Å². The number of imidazole rings is 1. The number of hydrogen-bond acceptors (Lipinski definition) is 6. The Labute approximate surface area is 128 Å². The zero-order valence-corrected chi connectivity index (χ0v) is 12.9. The summed E-state index contributed by atoms with van der Waals surface area (Å²) in [6.07, 6.45) is 2.11. The summed E-state index contributed by atoms with van der Waals surface area (Å²) in [4.78, 5) is 30.1. The summed E-state index contributed by atoms with van der Waals surface area (Å²) >= 11 is 2.91. The number of thiazole rings is 1. The zero-order chi connectivity index (χ0) is 14.8. The van der Waals surface area contributed by atoms with Gasteiger partial charge in [0.2, 0.25) is 0 Å². The molecule has 0 spiro atoms. The summed E-state index contributed by atoms with van der Waals surface area (Å²) in [6.45, 7) is 2.38. The summed E-state index contributed by atoms with van der Waals surface area (Å²) in [5, 5.41) is 4.67. The Morgan fingerprint density at radius 1 is 1.48 bits per heavy atom. The second-order valence-electron chi connectivity index (χ2n) is 4.28. The largest absolute Gasteiger partial charge is 0.466 e. The highest BCUT2D eigenvalue weighted by atomic mass is 32.1. The van der Waals surface area contributed by atoms with E-state index in [9.17, 15) is 9.59 Å². The van der Waals surface area contributed by atoms with E-state index in [2.05, 4.69) is 10.3 Å². The van der Waals surface area contributed by atoms with Crippen molar-refractivity contribution >= 4 is 49.9 Å². The van der Waals surface area contributed by atoms with E-state index in [4.69, 9.17) is 4.74 Å². The van der Waals surface area contributed by atoms with Gasteiger partial charge in [-0.2, -0.15) is 0 Å². The molecule has 0 bridgehead atoms. The molecular weight excluding hydrogens is 310 g/mol. The van der Waals surface area contributed by atoms with E-state index < -0.39 is 0 Å². The molecule has 110 valence electrons. The molecule has 0 aliphatic heterocycles. The second-order valence-corrected chi connectivity index (χ2v) is 6.18. The maximum absolute atomic E-state index is 12.0. The van der Waals surface area contributed by atoms with Gasteiger partial charge < -0.3 is 10.1 Å². The molecule has 21 heavy (non-hydrogen) atoms. The first-order valence-electron chi connectivity index (χ1n) is 6.48. The molecular formula is C13H13N3O3S2. The maximum Gasteiger partial charge on any atom is 0.307 e. The van der Waals surface area contributed by atoms with Crippen LogP contribution in [-0.2, 0) is 9.53 Å². The van der Waals surface area contributed by atoms with Gasteiger partial charge in [-0.3, -0.25) is 14.0 Å². The van der Waals surface area contributed by atoms with Crippen LogP contribution in [0, 0.1) is 0 Å². The molecule has 1 amide bonds. The summed E-state index contributed by atoms with van der Waals surface area (Å²) in [6, 6.07) is 1.83. The molecule has 0 unspecified atom stereocenters. The fourth-order valence-electron chi connectivity index (χ4n) is 1.96. The van der Waals surface area contributed by atoms with Gasteiger partial charge in [0.05, 0.1) is 23.4 Å². The first-order chi connectivity index (χ1) is 10.2. The van der Waals surface area contributed by atoms with Gasteiger partial charge >= 0.3 is 5.97 Å². The van der Waals surface area contributed by atoms with Crippen molar-refractivity contribution in [2.75, 3.05) is 13.2 Å². The Bertz CT molecular complexity index is 802. The fraction of sp³-hybridized carbons (Fsp3) is 0.308. The minimum atomic E-state index is -0.306. The van der Waals surface area contributed by atoms with E-state index >= 15 is 0 Å². The van der Waals surface area contributed by atoms with Crippen LogP contribution in [0.2, 0.25) is 0 Å². The third kappa shape index (κ3) is 2.77. The lowest BCUT2D eigenvalue weighted by atomic mass is 10.4. The molecule has 3 heterocycles. The van der Waals surface area contributed by atoms with Gasteiger partial charge in [0.15, 0.2) is 4.96 Å². The van der Waals surface area contributed by atoms with E-state index in [0.29, 0.717) is 11.5 Å². The first-order valence-corrected chi connectivity index (χ1v) is 8.17. The van der Waals surface area contributed by atoms with Gasteiger partial charge in [0, 0.05) is 18.1 Å². The van der Waals surface area contributed by atoms with Crippen molar-refractivity contribution in [1.29, 1.82) is 0 Å². The predicted octanol–water partition coefficient (Wildman–Crippen LogP) is 2.29. The van der Waals surface area contributed by atoms with E-state index in [-0.39, 0.29) is 24.8 Å². The number of esters is 1. The van der Waals surface area contributed by atoms with Gasteiger partial charge in [0.25, 0.3) is 5.91 Å². The molecule has 0 aliphatic carbocycles. The molecule has 0 saturated carbocycles. The van der Waals surface area contributed by atoms with E-state index in [1.165, 1.54) is 11.3 Å². The van der Waals surface area contributed by atoms with Crippen LogP contribution in [0.25, 0.3) is 15.3 Å². The summed E-state index contributed by atoms with van der Waals surface area (Å²) in [7, 11) is 0. The number of carbonyl (C=O) groups excluding carboxylic acids is 2. The molecule has 3 aromatic rings. The van der Waals surface area contributed by atoms with Crippen molar-refractivity contribution in [3.05, 3.63) is 22.5 Å². The Balaban J connectivity index is 1.67. The maximum atomic E-state index is 12.0. The quantitative estimate of drug-likeness (QED) is 0.731. The van der Waals surface area contributed by atoms with Gasteiger partial charge in [-0.15, -0.1) is 22.7 Å². The minimum Gasteiger partial charge on any atom is -0.466 e. The number of hydrogen-bond donors (Lipinski definition) is 1. The van der Waals surface area contributed by atoms with Crippen LogP contribution < -0.4 is 5.32 Å². The smallest absolute Gasteiger partial charge is 0.307 e. The predicted molar refractivity (Wildman–Crippen MR) is 82.0 cm³/mol. The Morgan fingerprint density at radius 3 is 3.14 bits per heavy atom. The van der Waals surface area contributed by atoms with Crippen molar-refractivity contribution in [2.45, 2.75) is 13.3 Å². The zero-order valence-electron chi connectivity index (χ0n) is 11.3. The van der Waals surface area contributed by atoms with Crippen molar-refractivity contribution in [1.82, 2.24) is 14.7 Å². The lowest BCUT2D eigenvalue weighted by molar-refractivity contribution is -0.142. The number of amides is 1. The lowest BCUT2D eigenvalue weighted by Gasteiger charge is -2.03. The number of nitrogens with zero attached hydrogens (tertiary/aromatic N) is 2. The number of fused-ring (bicyclic) bond motifs is 3. The average molecular weight is 323 g/mol. The van der Waals surface area contributed by atoms with E-state index in [0.717, 1.165) is 15.3 Å². The summed E-state index contributed by atoms with van der Waals surface area (Å²) < 4.78 is 6.77. The number of thiophene rings is 1. The van der Waals surface area contributed by atoms with Crippen molar-refractivity contribution in [3.63, 3.8) is 0 Å². The number of ether oxygens (including phenoxy) is 1. The third-order valence-corrected chi connectivity index (χ3v) is 4.66. The highest BCUT2D eigenvalue weighted by Crippen LogP contribution is 2.28. The number of nitrogens with one attached hydrogen (secondary N) is 1. The molecule has 3 rings (SSSR count). The molecule has 1 N–H and O–H groups in total. The molecule has 0 atom stereocenters. The van der Waals surface area contributed by atoms with Crippen LogP contribution in [0.3, 0.4) is 0 Å². The highest BCUT2D eigenvalue weighted by molar-refractivity contribution is 7.21. The van der Waals surface area contributed by atoms with Gasteiger partial charge in [-0.1, -0.05) is 0 Å². The molecule has 0 fully saturated rings. The van der Waals surface area contributed by atoms with Crippen LogP contribution in [-0.4, -0.2) is 34.4 Å². The van der Waals surface area contributed by atoms with Crippen LogP contribution in [0.5, 0.6) is 0 Å². The minimum absolute atomic E-state index is 0.179. The first kappa shape index (κ1) is 14.0. The summed E-state index contributed by atoms with van der Waals surface area (Å²) in [5.74, 6) is -0.494. The molecule has 0 aliphatic rings. The lowest BCUT2D eigenvalue weighted by Crippen LogP contribution is -2.25. The van der Waals surface area contributed by atoms with Crippen molar-refractivity contribution in [2.24, 2.45) is 0 Å². The van der Waals surface area contributed by atoms with Crippen LogP contribution >= 0.6 is 22.7 Å². The number of carbonyl (C=O) groups is 2. The molecule has 0 radical (unpaired) electrons. The molecule has 8 heteroatoms. The topological polar surface area (TPSA) is 72.7 Å². The van der Waals surface area contributed by atoms with Crippen molar-refractivity contribution < 1.29 is 14.3 Å². The molecule has 6 nitrogen and oxygen atoms in total. The van der Waals surface area contributed by atoms with Gasteiger partial charge in [-0.25, -0.2) is 4.98 Å². The average Bonchev–Trinajstić information content (AvgIpc) is 3.09. The fourth-order valence-corrected chi connectivity index (χ4v) is 3.67.